The fourth-order valence-electron chi connectivity index (χ4n) is 17.4. The van der Waals surface area contributed by atoms with Crippen molar-refractivity contribution in [3.63, 3.8) is 0 Å². The molecule has 4 aliphatic rings. The molecule has 4 fully saturated rings. The first kappa shape index (κ1) is 85.3. The van der Waals surface area contributed by atoms with Crippen LogP contribution in [0.25, 0.3) is 73.7 Å². The Kier molecular flexibility index (Phi) is 27.8. The molecule has 18 rings (SSSR count). The van der Waals surface area contributed by atoms with Crippen molar-refractivity contribution < 1.29 is 33.3 Å². The number of anilines is 4. The van der Waals surface area contributed by atoms with Gasteiger partial charge in [-0.3, -0.25) is 10.9 Å². The zero-order valence-corrected chi connectivity index (χ0v) is 74.7. The summed E-state index contributed by atoms with van der Waals surface area (Å²) in [5.74, 6) is 1.83. The van der Waals surface area contributed by atoms with Crippen LogP contribution in [0.2, 0.25) is 5.02 Å². The molecule has 0 atom stereocenters. The van der Waals surface area contributed by atoms with Gasteiger partial charge in [0.2, 0.25) is 20.5 Å². The maximum absolute atomic E-state index is 14.5. The molecule has 0 bridgehead atoms. The highest BCUT2D eigenvalue weighted by Gasteiger charge is 2.31. The van der Waals surface area contributed by atoms with Gasteiger partial charge in [0, 0.05) is 46.2 Å². The van der Waals surface area contributed by atoms with Gasteiger partial charge in [-0.15, -0.1) is 0 Å². The van der Waals surface area contributed by atoms with Gasteiger partial charge in [0.25, 0.3) is 0 Å². The molecule has 8 aromatic carbocycles. The third-order valence-electron chi connectivity index (χ3n) is 23.8. The minimum atomic E-state index is -0.691. The Hall–Kier alpha value is -10.9. The van der Waals surface area contributed by atoms with Crippen LogP contribution in [0, 0.1) is 11.8 Å². The predicted octanol–water partition coefficient (Wildman–Crippen LogP) is 24.8. The molecule has 4 aliphatic carbocycles. The topological polar surface area (TPSA) is 271 Å². The third kappa shape index (κ3) is 20.1. The summed E-state index contributed by atoms with van der Waals surface area (Å²) in [6.45, 7) is 12.0. The number of hydrogen-bond acceptors (Lipinski definition) is 29. The summed E-state index contributed by atoms with van der Waals surface area (Å²) in [4.78, 5) is 58.8. The molecule has 0 aliphatic heterocycles. The Morgan fingerprint density at radius 3 is 1.57 bits per heavy atom. The number of halogens is 1. The first-order valence-electron chi connectivity index (χ1n) is 42.9. The number of ether oxygens (including phenoxy) is 4. The highest BCUT2D eigenvalue weighted by Crippen LogP contribution is 2.45. The van der Waals surface area contributed by atoms with Crippen LogP contribution in [0.15, 0.2) is 173 Å². The van der Waals surface area contributed by atoms with Gasteiger partial charge in [0.15, 0.2) is 0 Å². The molecular weight excluding hydrogens is 1690 g/mol. The number of nitrogens with zero attached hydrogens (tertiary/aromatic N) is 14. The lowest BCUT2D eigenvalue weighted by molar-refractivity contribution is -0.138. The zero-order chi connectivity index (χ0) is 84.8. The highest BCUT2D eigenvalue weighted by molar-refractivity contribution is 7.23. The normalized spacial score (nSPS) is 17.4. The van der Waals surface area contributed by atoms with E-state index in [0.717, 1.165) is 164 Å². The molecule has 636 valence electrons. The van der Waals surface area contributed by atoms with Crippen LogP contribution < -0.4 is 35.1 Å². The van der Waals surface area contributed by atoms with Crippen molar-refractivity contribution >= 4 is 217 Å². The van der Waals surface area contributed by atoms with Crippen LogP contribution in [0.1, 0.15) is 217 Å². The third-order valence-corrected chi connectivity index (χ3v) is 29.2. The number of thiazole rings is 4. The number of carbonyl (C=O) groups is 3. The molecule has 2 N–H and O–H groups in total. The van der Waals surface area contributed by atoms with Gasteiger partial charge in [-0.05, 0) is 196 Å². The Bertz CT molecular complexity index is 6130. The molecule has 6 aromatic heterocycles. The van der Waals surface area contributed by atoms with E-state index < -0.39 is 17.9 Å². The van der Waals surface area contributed by atoms with Crippen LogP contribution in [0.5, 0.6) is 17.2 Å². The maximum atomic E-state index is 14.5. The van der Waals surface area contributed by atoms with Gasteiger partial charge < -0.3 is 18.9 Å². The van der Waals surface area contributed by atoms with Gasteiger partial charge >= 0.3 is 17.9 Å². The summed E-state index contributed by atoms with van der Waals surface area (Å²) >= 11 is 15.5. The van der Waals surface area contributed by atoms with Crippen molar-refractivity contribution in [2.45, 2.75) is 185 Å². The van der Waals surface area contributed by atoms with Gasteiger partial charge in [0.1, 0.15) is 50.3 Å². The highest BCUT2D eigenvalue weighted by atomic mass is 35.5. The van der Waals surface area contributed by atoms with E-state index in [4.69, 9.17) is 60.7 Å². The first-order chi connectivity index (χ1) is 60.9. The first-order valence-corrected chi connectivity index (χ1v) is 48.0. The molecule has 14 aromatic rings. The number of aromatic nitrogens is 8. The largest absolute Gasteiger partial charge is 0.493 e. The molecule has 23 nitrogen and oxygen atoms in total. The van der Waals surface area contributed by atoms with Gasteiger partial charge in [-0.25, -0.2) is 44.3 Å². The fourth-order valence-corrected chi connectivity index (χ4v) is 22.4. The SMILES string of the molecule is C=CC(=O)OCCCOc1cc(/C=N/Nc2nc3c(ccc4nsnc43)s2)c(C(=O)Oc2ccc3cc(C4CCC(CCC)CC4)ccc3c2Cl)cc1/C=N/Nc1nc2c(ccc3nsnc32)s1.C=CC(=O)Oc1c(/C=N/N(c2nc3ccccc3s2)C2CCCCC2)cc(C2CCC(CCC)CC2)cc1/C=N/N(c1nc2ccccc2s1)C1CCCCC1. The predicted molar refractivity (Wildman–Crippen MR) is 510 cm³/mol. The van der Waals surface area contributed by atoms with E-state index in [1.165, 1.54) is 155 Å². The maximum Gasteiger partial charge on any atom is 0.344 e. The second-order valence-electron chi connectivity index (χ2n) is 32.0. The number of benzene rings is 8. The monoisotopic (exact) mass is 1790 g/mol. The summed E-state index contributed by atoms with van der Waals surface area (Å²) in [6, 6.07) is 42.6. The minimum absolute atomic E-state index is 0.108. The van der Waals surface area contributed by atoms with Crippen molar-refractivity contribution in [2.24, 2.45) is 32.2 Å². The van der Waals surface area contributed by atoms with Crippen LogP contribution in [-0.4, -0.2) is 105 Å². The standard InChI is InChI=1S/C48H41ClN10O5S4.C46H54N6O2S2/c1-3-6-26-7-9-27(10-8-26)28-11-13-32-29(21-28)12-16-36(41(32)49)64-46(61)33-22-31(25-51-55-48-53-45-39(66-48)18-15-35-43(45)59-68-57-35)37(62-19-5-20-63-40(60)4-2)23-30(33)24-50-54-47-52-44-38(65-47)17-14-34-42(44)58-67-56-34;1-3-15-32-24-26-33(27-25-32)34-28-35(30-47-51(37-16-7-5-8-17-37)45-49-39-20-11-13-22-41(39)55-45)44(54-43(53)4-2)36(29-34)31-48-52(38-18-9-6-10-19-38)46-50-40-21-12-14-23-42(40)56-46/h4,11-18,21-27H,2-3,5-10,19-20H2,1H3,(H,52,54)(H,53,55);4,11-14,20-23,28-33,37-38H,2-3,5-10,15-19,24-27H2,1H3/b50-24+,51-25+;47-30+,48-31+. The average Bonchev–Trinajstić information content (AvgIpc) is 1.63. The molecule has 0 amide bonds. The molecule has 0 saturated heterocycles. The van der Waals surface area contributed by atoms with Crippen LogP contribution >= 0.6 is 80.4 Å². The molecule has 0 unspecified atom stereocenters. The zero-order valence-electron chi connectivity index (χ0n) is 69.1. The summed E-state index contributed by atoms with van der Waals surface area (Å²) in [7, 11) is 0. The Balaban J connectivity index is 0.000000179. The molecule has 4 saturated carbocycles. The van der Waals surface area contributed by atoms with Crippen LogP contribution in [0.3, 0.4) is 0 Å². The Morgan fingerprint density at radius 2 is 1.03 bits per heavy atom. The van der Waals surface area contributed by atoms with Crippen molar-refractivity contribution in [3.8, 4) is 17.2 Å². The number of hydrazone groups is 4. The van der Waals surface area contributed by atoms with E-state index in [1.54, 1.807) is 40.9 Å². The van der Waals surface area contributed by atoms with E-state index in [-0.39, 0.29) is 36.6 Å². The van der Waals surface area contributed by atoms with Gasteiger partial charge in [-0.1, -0.05) is 197 Å². The molecule has 30 heteroatoms. The number of esters is 3. The van der Waals surface area contributed by atoms with Crippen molar-refractivity contribution in [2.75, 3.05) is 34.1 Å². The number of para-hydroxylation sites is 2. The summed E-state index contributed by atoms with van der Waals surface area (Å²) < 4.78 is 45.3. The quantitative estimate of drug-likeness (QED) is 0.0106. The second kappa shape index (κ2) is 40.4. The minimum Gasteiger partial charge on any atom is -0.493 e. The number of fused-ring (bicyclic) bond motifs is 9. The summed E-state index contributed by atoms with van der Waals surface area (Å²) in [5, 5.41) is 28.7. The number of hydrogen-bond donors (Lipinski definition) is 2. The Labute approximate surface area is 748 Å². The smallest absolute Gasteiger partial charge is 0.344 e. The Morgan fingerprint density at radius 1 is 0.492 bits per heavy atom. The lowest BCUT2D eigenvalue weighted by atomic mass is 9.76. The van der Waals surface area contributed by atoms with E-state index in [9.17, 15) is 14.4 Å². The average molecular weight is 1790 g/mol. The molecular formula is C94H95ClN16O7S6. The number of nitrogens with one attached hydrogen (secondary N) is 2. The number of rotatable bonds is 30. The molecule has 0 spiro atoms. The molecule has 0 radical (unpaired) electrons. The van der Waals surface area contributed by atoms with Crippen LogP contribution in [-0.2, 0) is 14.3 Å². The molecule has 6 heterocycles. The number of carbonyl (C=O) groups excluding carboxylic acids is 3. The van der Waals surface area contributed by atoms with Crippen LogP contribution in [0.4, 0.5) is 20.5 Å². The van der Waals surface area contributed by atoms with Crippen molar-refractivity contribution in [1.82, 2.24) is 37.4 Å². The van der Waals surface area contributed by atoms with Crippen molar-refractivity contribution in [1.29, 1.82) is 0 Å². The van der Waals surface area contributed by atoms with E-state index in [1.807, 2.05) is 61.0 Å². The summed E-state index contributed by atoms with van der Waals surface area (Å²) in [6.07, 6.45) is 35.7. The van der Waals surface area contributed by atoms with E-state index >= 15 is 0 Å². The second-order valence-corrected chi connectivity index (χ2v) is 37.5. The summed E-state index contributed by atoms with van der Waals surface area (Å²) in [5.41, 5.74) is 17.4. The van der Waals surface area contributed by atoms with Gasteiger partial charge in [-0.2, -0.15) is 37.9 Å². The lowest BCUT2D eigenvalue weighted by Crippen LogP contribution is -2.33. The molecule has 124 heavy (non-hydrogen) atoms. The lowest BCUT2D eigenvalue weighted by Gasteiger charge is -2.31. The van der Waals surface area contributed by atoms with Crippen molar-refractivity contribution in [3.05, 3.63) is 197 Å². The fraction of sp³-hybridized carbons (Fsp3) is 0.351. The van der Waals surface area contributed by atoms with E-state index in [0.29, 0.717) is 67.2 Å². The van der Waals surface area contributed by atoms with Gasteiger partial charge in [0.05, 0.1) is 114 Å². The van der Waals surface area contributed by atoms with E-state index in [2.05, 4.69) is 136 Å².